The summed E-state index contributed by atoms with van der Waals surface area (Å²) in [4.78, 5) is 11.7. The average molecular weight is 202 g/mol. The predicted octanol–water partition coefficient (Wildman–Crippen LogP) is 0.894. The lowest BCUT2D eigenvalue weighted by Gasteiger charge is -2.01. The van der Waals surface area contributed by atoms with Crippen molar-refractivity contribution in [1.82, 2.24) is 4.57 Å². The summed E-state index contributed by atoms with van der Waals surface area (Å²) in [6.45, 7) is 2.50. The van der Waals surface area contributed by atoms with Gasteiger partial charge in [-0.25, -0.2) is 0 Å². The molecule has 0 aliphatic rings. The number of nitrogens with zero attached hydrogens (tertiary/aromatic N) is 1. The van der Waals surface area contributed by atoms with Gasteiger partial charge in [-0.2, -0.15) is 0 Å². The van der Waals surface area contributed by atoms with Crippen LogP contribution in [0.3, 0.4) is 0 Å². The number of hydrogen-bond donors (Lipinski definition) is 1. The van der Waals surface area contributed by atoms with Crippen LogP contribution in [0, 0.1) is 6.92 Å². The molecule has 3 nitrogen and oxygen atoms in total. The third-order valence-electron chi connectivity index (χ3n) is 1.56. The lowest BCUT2D eigenvalue weighted by molar-refractivity contribution is 0.692. The zero-order valence-corrected chi connectivity index (χ0v) is 8.37. The highest BCUT2D eigenvalue weighted by atomic mass is 32.1. The number of hydrogen-bond acceptors (Lipinski definition) is 3. The molecule has 1 rings (SSSR count). The summed E-state index contributed by atoms with van der Waals surface area (Å²) in [5.41, 5.74) is 6.30. The van der Waals surface area contributed by atoms with Crippen LogP contribution in [0.15, 0.2) is 10.2 Å². The normalized spacial score (nSPS) is 10.1. The van der Waals surface area contributed by atoms with Gasteiger partial charge in [0.05, 0.1) is 4.99 Å². The quantitative estimate of drug-likeness (QED) is 0.741. The zero-order chi connectivity index (χ0) is 9.14. The minimum atomic E-state index is 0.0590. The Morgan fingerprint density at radius 1 is 1.83 bits per heavy atom. The molecule has 0 bridgehead atoms. The van der Waals surface area contributed by atoms with E-state index < -0.39 is 0 Å². The Labute approximate surface area is 79.8 Å². The van der Waals surface area contributed by atoms with Crippen molar-refractivity contribution in [3.63, 3.8) is 0 Å². The molecule has 2 N–H and O–H groups in total. The third kappa shape index (κ3) is 2.15. The maximum absolute atomic E-state index is 11.1. The second-order valence-corrected chi connectivity index (χ2v) is 3.86. The summed E-state index contributed by atoms with van der Waals surface area (Å²) in [6, 6.07) is 0. The van der Waals surface area contributed by atoms with Gasteiger partial charge in [0, 0.05) is 24.0 Å². The Kier molecular flexibility index (Phi) is 2.99. The van der Waals surface area contributed by atoms with E-state index in [0.717, 1.165) is 5.69 Å². The van der Waals surface area contributed by atoms with Gasteiger partial charge >= 0.3 is 4.87 Å². The Morgan fingerprint density at radius 3 is 2.92 bits per heavy atom. The fraction of sp³-hybridized carbons (Fsp3) is 0.429. The molecule has 0 amide bonds. The van der Waals surface area contributed by atoms with Crippen LogP contribution < -0.4 is 10.6 Å². The molecule has 0 aliphatic heterocycles. The largest absolute Gasteiger partial charge is 0.393 e. The number of aryl methyl sites for hydroxylation is 1. The molecule has 0 fully saturated rings. The highest BCUT2D eigenvalue weighted by molar-refractivity contribution is 7.80. The Bertz CT molecular complexity index is 339. The molecule has 0 unspecified atom stereocenters. The molecule has 1 heterocycles. The molecule has 1 aromatic heterocycles. The van der Waals surface area contributed by atoms with Gasteiger partial charge in [-0.15, -0.1) is 0 Å². The molecule has 0 saturated heterocycles. The Morgan fingerprint density at radius 2 is 2.50 bits per heavy atom. The molecule has 0 radical (unpaired) electrons. The molecule has 0 atom stereocenters. The standard InChI is InChI=1S/C7H10N2OS2/c1-5-4-12-7(10)9(5)3-2-6(8)11/h4H,2-3H2,1H3,(H2,8,11). The van der Waals surface area contributed by atoms with Crippen LogP contribution >= 0.6 is 23.6 Å². The van der Waals surface area contributed by atoms with Crippen molar-refractivity contribution in [2.45, 2.75) is 19.9 Å². The number of aromatic nitrogens is 1. The summed E-state index contributed by atoms with van der Waals surface area (Å²) in [6.07, 6.45) is 0.590. The molecule has 12 heavy (non-hydrogen) atoms. The van der Waals surface area contributed by atoms with Crippen LogP contribution in [0.5, 0.6) is 0 Å². The summed E-state index contributed by atoms with van der Waals surface area (Å²) in [5.74, 6) is 0. The van der Waals surface area contributed by atoms with Crippen molar-refractivity contribution in [1.29, 1.82) is 0 Å². The summed E-state index contributed by atoms with van der Waals surface area (Å²) in [7, 11) is 0. The van der Waals surface area contributed by atoms with Crippen LogP contribution in [0.2, 0.25) is 0 Å². The first-order valence-electron chi connectivity index (χ1n) is 3.54. The van der Waals surface area contributed by atoms with Crippen LogP contribution in [0.1, 0.15) is 12.1 Å². The van der Waals surface area contributed by atoms with Gasteiger partial charge in [-0.3, -0.25) is 4.79 Å². The summed E-state index contributed by atoms with van der Waals surface area (Å²) in [5, 5.41) is 1.84. The van der Waals surface area contributed by atoms with Gasteiger partial charge in [0.15, 0.2) is 0 Å². The minimum Gasteiger partial charge on any atom is -0.393 e. The van der Waals surface area contributed by atoms with E-state index in [9.17, 15) is 4.79 Å². The molecule has 0 saturated carbocycles. The van der Waals surface area contributed by atoms with Gasteiger partial charge in [0.1, 0.15) is 0 Å². The van der Waals surface area contributed by atoms with Crippen molar-refractivity contribution in [3.05, 3.63) is 20.7 Å². The topological polar surface area (TPSA) is 48.0 Å². The highest BCUT2D eigenvalue weighted by Crippen LogP contribution is 2.00. The first-order valence-corrected chi connectivity index (χ1v) is 4.83. The fourth-order valence-corrected chi connectivity index (χ4v) is 1.75. The van der Waals surface area contributed by atoms with Crippen molar-refractivity contribution < 1.29 is 0 Å². The Balaban J connectivity index is 2.75. The highest BCUT2D eigenvalue weighted by Gasteiger charge is 2.01. The predicted molar refractivity (Wildman–Crippen MR) is 54.7 cm³/mol. The lowest BCUT2D eigenvalue weighted by Crippen LogP contribution is -2.19. The van der Waals surface area contributed by atoms with Gasteiger partial charge in [-0.05, 0) is 6.92 Å². The molecule has 0 spiro atoms. The zero-order valence-electron chi connectivity index (χ0n) is 6.74. The van der Waals surface area contributed by atoms with Crippen molar-refractivity contribution >= 4 is 28.5 Å². The number of rotatable bonds is 3. The van der Waals surface area contributed by atoms with Gasteiger partial charge in [0.25, 0.3) is 0 Å². The average Bonchev–Trinajstić information content (AvgIpc) is 2.28. The molecule has 0 aliphatic carbocycles. The van der Waals surface area contributed by atoms with E-state index in [1.165, 1.54) is 11.3 Å². The first kappa shape index (κ1) is 9.41. The molecular weight excluding hydrogens is 192 g/mol. The number of thiazole rings is 1. The van der Waals surface area contributed by atoms with Gasteiger partial charge in [-0.1, -0.05) is 23.6 Å². The van der Waals surface area contributed by atoms with Crippen LogP contribution in [-0.4, -0.2) is 9.56 Å². The van der Waals surface area contributed by atoms with Crippen molar-refractivity contribution in [2.24, 2.45) is 5.73 Å². The van der Waals surface area contributed by atoms with E-state index >= 15 is 0 Å². The minimum absolute atomic E-state index is 0.0590. The van der Waals surface area contributed by atoms with E-state index in [1.54, 1.807) is 4.57 Å². The molecule has 5 heteroatoms. The van der Waals surface area contributed by atoms with Gasteiger partial charge in [0.2, 0.25) is 0 Å². The molecule has 0 aromatic carbocycles. The van der Waals surface area contributed by atoms with Gasteiger partial charge < -0.3 is 10.3 Å². The van der Waals surface area contributed by atoms with Crippen molar-refractivity contribution in [3.8, 4) is 0 Å². The lowest BCUT2D eigenvalue weighted by atomic mass is 10.4. The molecule has 1 aromatic rings. The Hall–Kier alpha value is -0.680. The van der Waals surface area contributed by atoms with E-state index in [4.69, 9.17) is 18.0 Å². The fourth-order valence-electron chi connectivity index (χ4n) is 0.897. The second kappa shape index (κ2) is 3.82. The summed E-state index contributed by atoms with van der Waals surface area (Å²) >= 11 is 5.93. The maximum Gasteiger partial charge on any atom is 0.307 e. The molecule has 66 valence electrons. The first-order chi connectivity index (χ1) is 5.61. The monoisotopic (exact) mass is 202 g/mol. The number of thiocarbonyl (C=S) groups is 1. The number of nitrogens with two attached hydrogens (primary N) is 1. The van der Waals surface area contributed by atoms with E-state index in [1.807, 2.05) is 12.3 Å². The summed E-state index contributed by atoms with van der Waals surface area (Å²) < 4.78 is 1.68. The van der Waals surface area contributed by atoms with Crippen LogP contribution in [0.4, 0.5) is 0 Å². The third-order valence-corrected chi connectivity index (χ3v) is 2.64. The van der Waals surface area contributed by atoms with Crippen molar-refractivity contribution in [2.75, 3.05) is 0 Å². The molecular formula is C7H10N2OS2. The van der Waals surface area contributed by atoms with E-state index in [2.05, 4.69) is 0 Å². The van der Waals surface area contributed by atoms with E-state index in [0.29, 0.717) is 18.0 Å². The second-order valence-electron chi connectivity index (χ2n) is 2.51. The SMILES string of the molecule is Cc1csc(=O)n1CCC(N)=S. The van der Waals surface area contributed by atoms with E-state index in [-0.39, 0.29) is 4.87 Å². The maximum atomic E-state index is 11.1. The van der Waals surface area contributed by atoms with Crippen LogP contribution in [0.25, 0.3) is 0 Å². The smallest absolute Gasteiger partial charge is 0.307 e. The van der Waals surface area contributed by atoms with Crippen LogP contribution in [-0.2, 0) is 6.54 Å².